The molecule has 2 aromatic heterocycles. The molecule has 0 aromatic carbocycles. The Kier molecular flexibility index (Phi) is 2.93. The third kappa shape index (κ3) is 2.18. The molecule has 5 heteroatoms. The van der Waals surface area contributed by atoms with E-state index < -0.39 is 0 Å². The highest BCUT2D eigenvalue weighted by molar-refractivity contribution is 5.73. The number of nitrogens with one attached hydrogen (secondary N) is 2. The minimum absolute atomic E-state index is 0.312. The number of hydrogen-bond donors (Lipinski definition) is 3. The molecule has 0 atom stereocenters. The smallest absolute Gasteiger partial charge is 0.179 e. The van der Waals surface area contributed by atoms with Crippen LogP contribution < -0.4 is 11.1 Å². The van der Waals surface area contributed by atoms with Gasteiger partial charge in [-0.25, -0.2) is 9.97 Å². The quantitative estimate of drug-likeness (QED) is 0.773. The summed E-state index contributed by atoms with van der Waals surface area (Å²) in [6.45, 7) is 2.29. The summed E-state index contributed by atoms with van der Waals surface area (Å²) in [6.07, 6.45) is 4.32. The molecule has 0 aliphatic heterocycles. The first-order chi connectivity index (χ1) is 9.10. The highest BCUT2D eigenvalue weighted by Gasteiger charge is 2.34. The number of nitrogens with two attached hydrogens (primary N) is 1. The van der Waals surface area contributed by atoms with E-state index in [1.54, 1.807) is 0 Å². The molecule has 0 amide bonds. The minimum atomic E-state index is -0.312. The van der Waals surface area contributed by atoms with Crippen molar-refractivity contribution < 1.29 is 0 Å². The Labute approximate surface area is 113 Å². The van der Waals surface area contributed by atoms with Gasteiger partial charge >= 0.3 is 0 Å². The SMILES string of the molecule is CNc1ccc2[nH]c(C3(N)CCC(C)CC3)nc2n1. The molecule has 2 aromatic rings. The van der Waals surface area contributed by atoms with Gasteiger partial charge in [0.15, 0.2) is 5.65 Å². The van der Waals surface area contributed by atoms with Crippen LogP contribution in [-0.4, -0.2) is 22.0 Å². The number of imidazole rings is 1. The molecular formula is C14H21N5. The van der Waals surface area contributed by atoms with Gasteiger partial charge in [-0.2, -0.15) is 0 Å². The fourth-order valence-electron chi connectivity index (χ4n) is 2.78. The summed E-state index contributed by atoms with van der Waals surface area (Å²) in [4.78, 5) is 12.4. The number of anilines is 1. The number of rotatable bonds is 2. The molecule has 102 valence electrons. The largest absolute Gasteiger partial charge is 0.373 e. The molecule has 4 N–H and O–H groups in total. The summed E-state index contributed by atoms with van der Waals surface area (Å²) in [5.41, 5.74) is 7.92. The molecule has 0 radical (unpaired) electrons. The molecule has 19 heavy (non-hydrogen) atoms. The predicted octanol–water partition coefficient (Wildman–Crippen LogP) is 2.36. The number of aromatic nitrogens is 3. The van der Waals surface area contributed by atoms with E-state index in [0.29, 0.717) is 0 Å². The van der Waals surface area contributed by atoms with Crippen LogP contribution in [-0.2, 0) is 5.54 Å². The number of pyridine rings is 1. The summed E-state index contributed by atoms with van der Waals surface area (Å²) in [6, 6.07) is 3.94. The standard InChI is InChI=1S/C14H21N5/c1-9-5-7-14(15,8-6-9)13-17-10-3-4-11(16-2)18-12(10)19-13/h3-4,9H,5-8,15H2,1-2H3,(H2,16,17,18,19). The van der Waals surface area contributed by atoms with Crippen LogP contribution in [0.4, 0.5) is 5.82 Å². The van der Waals surface area contributed by atoms with Gasteiger partial charge in [-0.05, 0) is 43.7 Å². The molecule has 0 spiro atoms. The minimum Gasteiger partial charge on any atom is -0.373 e. The Hall–Kier alpha value is -1.62. The van der Waals surface area contributed by atoms with Crippen molar-refractivity contribution in [1.82, 2.24) is 15.0 Å². The number of hydrogen-bond acceptors (Lipinski definition) is 4. The zero-order chi connectivity index (χ0) is 13.5. The van der Waals surface area contributed by atoms with E-state index in [-0.39, 0.29) is 5.54 Å². The highest BCUT2D eigenvalue weighted by Crippen LogP contribution is 2.36. The zero-order valence-corrected chi connectivity index (χ0v) is 11.5. The topological polar surface area (TPSA) is 79.6 Å². The van der Waals surface area contributed by atoms with Gasteiger partial charge in [0.2, 0.25) is 0 Å². The maximum Gasteiger partial charge on any atom is 0.179 e. The number of H-pyrrole nitrogens is 1. The highest BCUT2D eigenvalue weighted by atomic mass is 15.1. The van der Waals surface area contributed by atoms with Gasteiger partial charge in [0.05, 0.1) is 11.1 Å². The third-order valence-electron chi connectivity index (χ3n) is 4.24. The van der Waals surface area contributed by atoms with Crippen LogP contribution in [0.5, 0.6) is 0 Å². The van der Waals surface area contributed by atoms with E-state index in [2.05, 4.69) is 27.2 Å². The average molecular weight is 259 g/mol. The van der Waals surface area contributed by atoms with Gasteiger partial charge < -0.3 is 16.0 Å². The van der Waals surface area contributed by atoms with Crippen LogP contribution in [0.1, 0.15) is 38.4 Å². The molecule has 1 saturated carbocycles. The van der Waals surface area contributed by atoms with Crippen molar-refractivity contribution in [2.75, 3.05) is 12.4 Å². The Morgan fingerprint density at radius 3 is 2.74 bits per heavy atom. The van der Waals surface area contributed by atoms with Gasteiger partial charge in [-0.15, -0.1) is 0 Å². The Balaban J connectivity index is 1.96. The molecule has 0 saturated heterocycles. The molecule has 1 fully saturated rings. The second kappa shape index (κ2) is 4.49. The number of nitrogens with zero attached hydrogens (tertiary/aromatic N) is 2. The van der Waals surface area contributed by atoms with Crippen molar-refractivity contribution in [3.63, 3.8) is 0 Å². The van der Waals surface area contributed by atoms with Crippen molar-refractivity contribution in [2.24, 2.45) is 11.7 Å². The summed E-state index contributed by atoms with van der Waals surface area (Å²) in [5, 5.41) is 3.03. The van der Waals surface area contributed by atoms with Gasteiger partial charge in [-0.1, -0.05) is 6.92 Å². The Morgan fingerprint density at radius 2 is 2.05 bits per heavy atom. The Morgan fingerprint density at radius 1 is 1.32 bits per heavy atom. The van der Waals surface area contributed by atoms with Crippen LogP contribution in [0.3, 0.4) is 0 Å². The molecule has 2 heterocycles. The van der Waals surface area contributed by atoms with E-state index in [1.807, 2.05) is 19.2 Å². The molecule has 1 aliphatic carbocycles. The van der Waals surface area contributed by atoms with Gasteiger partial charge in [0, 0.05) is 7.05 Å². The summed E-state index contributed by atoms with van der Waals surface area (Å²) in [7, 11) is 1.86. The third-order valence-corrected chi connectivity index (χ3v) is 4.24. The van der Waals surface area contributed by atoms with E-state index in [9.17, 15) is 0 Å². The van der Waals surface area contributed by atoms with Gasteiger partial charge in [0.1, 0.15) is 11.6 Å². The van der Waals surface area contributed by atoms with Gasteiger partial charge in [-0.3, -0.25) is 0 Å². The van der Waals surface area contributed by atoms with Crippen LogP contribution in [0.15, 0.2) is 12.1 Å². The van der Waals surface area contributed by atoms with Crippen molar-refractivity contribution in [3.05, 3.63) is 18.0 Å². The monoisotopic (exact) mass is 259 g/mol. The predicted molar refractivity (Wildman–Crippen MR) is 76.9 cm³/mol. The van der Waals surface area contributed by atoms with Crippen molar-refractivity contribution in [3.8, 4) is 0 Å². The lowest BCUT2D eigenvalue weighted by Crippen LogP contribution is -2.41. The summed E-state index contributed by atoms with van der Waals surface area (Å²) < 4.78 is 0. The maximum atomic E-state index is 6.54. The summed E-state index contributed by atoms with van der Waals surface area (Å²) >= 11 is 0. The second-order valence-electron chi connectivity index (χ2n) is 5.74. The Bertz CT molecular complexity index is 581. The zero-order valence-electron chi connectivity index (χ0n) is 11.5. The molecule has 0 unspecified atom stereocenters. The van der Waals surface area contributed by atoms with E-state index in [1.165, 1.54) is 12.8 Å². The first kappa shape index (κ1) is 12.4. The summed E-state index contributed by atoms with van der Waals surface area (Å²) in [5.74, 6) is 2.49. The first-order valence-corrected chi connectivity index (χ1v) is 6.94. The van der Waals surface area contributed by atoms with Crippen LogP contribution in [0.2, 0.25) is 0 Å². The van der Waals surface area contributed by atoms with E-state index >= 15 is 0 Å². The van der Waals surface area contributed by atoms with Crippen molar-refractivity contribution >= 4 is 17.0 Å². The lowest BCUT2D eigenvalue weighted by Gasteiger charge is -2.34. The van der Waals surface area contributed by atoms with E-state index in [4.69, 9.17) is 5.73 Å². The molecular weight excluding hydrogens is 238 g/mol. The van der Waals surface area contributed by atoms with Crippen LogP contribution >= 0.6 is 0 Å². The molecule has 3 rings (SSSR count). The fourth-order valence-corrected chi connectivity index (χ4v) is 2.78. The molecule has 5 nitrogen and oxygen atoms in total. The van der Waals surface area contributed by atoms with Crippen LogP contribution in [0.25, 0.3) is 11.2 Å². The lowest BCUT2D eigenvalue weighted by molar-refractivity contribution is 0.238. The normalized spacial score (nSPS) is 27.6. The molecule has 0 bridgehead atoms. The van der Waals surface area contributed by atoms with Crippen molar-refractivity contribution in [2.45, 2.75) is 38.1 Å². The first-order valence-electron chi connectivity index (χ1n) is 6.94. The average Bonchev–Trinajstić information content (AvgIpc) is 2.86. The number of fused-ring (bicyclic) bond motifs is 1. The maximum absolute atomic E-state index is 6.54. The molecule has 1 aliphatic rings. The van der Waals surface area contributed by atoms with Crippen LogP contribution in [0, 0.1) is 5.92 Å². The fraction of sp³-hybridized carbons (Fsp3) is 0.571. The van der Waals surface area contributed by atoms with E-state index in [0.717, 1.165) is 41.6 Å². The van der Waals surface area contributed by atoms with Crippen molar-refractivity contribution in [1.29, 1.82) is 0 Å². The lowest BCUT2D eigenvalue weighted by atomic mass is 9.77. The van der Waals surface area contributed by atoms with Gasteiger partial charge in [0.25, 0.3) is 0 Å². The second-order valence-corrected chi connectivity index (χ2v) is 5.74. The number of aromatic amines is 1.